The standard InChI is InChI=1S/C13H20N2O2/c1-2-12-11(6-8-17-12)13(16)15-9-10-5-3-4-7-14-10/h6,8,10,14H,2-5,7,9H2,1H3,(H,15,16). The normalized spacial score (nSPS) is 20.2. The van der Waals surface area contributed by atoms with Crippen molar-refractivity contribution < 1.29 is 9.21 Å². The van der Waals surface area contributed by atoms with E-state index in [1.54, 1.807) is 12.3 Å². The van der Waals surface area contributed by atoms with Gasteiger partial charge in [-0.05, 0) is 25.5 Å². The Labute approximate surface area is 102 Å². The Morgan fingerprint density at radius 2 is 2.47 bits per heavy atom. The lowest BCUT2D eigenvalue weighted by atomic mass is 10.1. The Morgan fingerprint density at radius 3 is 3.18 bits per heavy atom. The van der Waals surface area contributed by atoms with Gasteiger partial charge in [0.1, 0.15) is 5.76 Å². The molecule has 1 amide bonds. The zero-order chi connectivity index (χ0) is 12.1. The second-order valence-corrected chi connectivity index (χ2v) is 4.47. The maximum Gasteiger partial charge on any atom is 0.254 e. The lowest BCUT2D eigenvalue weighted by Crippen LogP contribution is -2.43. The average molecular weight is 236 g/mol. The molecule has 1 atom stereocenters. The Hall–Kier alpha value is -1.29. The number of hydrogen-bond acceptors (Lipinski definition) is 3. The van der Waals surface area contributed by atoms with Crippen molar-refractivity contribution in [2.45, 2.75) is 38.6 Å². The largest absolute Gasteiger partial charge is 0.469 e. The Morgan fingerprint density at radius 1 is 1.59 bits per heavy atom. The van der Waals surface area contributed by atoms with Crippen molar-refractivity contribution in [3.63, 3.8) is 0 Å². The van der Waals surface area contributed by atoms with E-state index in [1.807, 2.05) is 6.92 Å². The Bertz CT molecular complexity index is 367. The number of furan rings is 1. The summed E-state index contributed by atoms with van der Waals surface area (Å²) in [5.74, 6) is 0.738. The molecule has 2 heterocycles. The number of piperidine rings is 1. The minimum absolute atomic E-state index is 0.0250. The summed E-state index contributed by atoms with van der Waals surface area (Å²) < 4.78 is 5.25. The smallest absolute Gasteiger partial charge is 0.254 e. The topological polar surface area (TPSA) is 54.3 Å². The highest BCUT2D eigenvalue weighted by Gasteiger charge is 2.16. The van der Waals surface area contributed by atoms with Gasteiger partial charge in [0.2, 0.25) is 0 Å². The molecule has 1 fully saturated rings. The van der Waals surface area contributed by atoms with E-state index in [-0.39, 0.29) is 5.91 Å². The van der Waals surface area contributed by atoms with Crippen LogP contribution in [0.3, 0.4) is 0 Å². The van der Waals surface area contributed by atoms with Gasteiger partial charge < -0.3 is 15.1 Å². The summed E-state index contributed by atoms with van der Waals surface area (Å²) in [6.45, 7) is 3.75. The van der Waals surface area contributed by atoms with E-state index >= 15 is 0 Å². The molecule has 94 valence electrons. The molecule has 0 radical (unpaired) electrons. The van der Waals surface area contributed by atoms with Crippen LogP contribution in [0, 0.1) is 0 Å². The molecule has 0 bridgehead atoms. The molecule has 1 saturated heterocycles. The molecule has 4 nitrogen and oxygen atoms in total. The van der Waals surface area contributed by atoms with Crippen LogP contribution in [-0.4, -0.2) is 25.0 Å². The van der Waals surface area contributed by atoms with Crippen LogP contribution >= 0.6 is 0 Å². The van der Waals surface area contributed by atoms with E-state index in [0.29, 0.717) is 18.2 Å². The van der Waals surface area contributed by atoms with Gasteiger partial charge in [-0.25, -0.2) is 0 Å². The van der Waals surface area contributed by atoms with Gasteiger partial charge in [-0.15, -0.1) is 0 Å². The average Bonchev–Trinajstić information content (AvgIpc) is 2.85. The molecular weight excluding hydrogens is 216 g/mol. The second kappa shape index (κ2) is 5.87. The maximum absolute atomic E-state index is 11.9. The van der Waals surface area contributed by atoms with E-state index < -0.39 is 0 Å². The number of nitrogens with one attached hydrogen (secondary N) is 2. The fourth-order valence-corrected chi connectivity index (χ4v) is 2.23. The number of amides is 1. The molecule has 4 heteroatoms. The quantitative estimate of drug-likeness (QED) is 0.837. The molecule has 1 aliphatic heterocycles. The van der Waals surface area contributed by atoms with Gasteiger partial charge in [-0.3, -0.25) is 4.79 Å². The second-order valence-electron chi connectivity index (χ2n) is 4.47. The molecule has 0 aliphatic carbocycles. The van der Waals surface area contributed by atoms with Gasteiger partial charge in [0.25, 0.3) is 5.91 Å². The van der Waals surface area contributed by atoms with Crippen LogP contribution < -0.4 is 10.6 Å². The predicted octanol–water partition coefficient (Wildman–Crippen LogP) is 1.71. The Kier molecular flexibility index (Phi) is 4.20. The van der Waals surface area contributed by atoms with Gasteiger partial charge in [0.15, 0.2) is 0 Å². The van der Waals surface area contributed by atoms with E-state index in [1.165, 1.54) is 12.8 Å². The summed E-state index contributed by atoms with van der Waals surface area (Å²) >= 11 is 0. The van der Waals surface area contributed by atoms with Crippen LogP contribution in [0.4, 0.5) is 0 Å². The molecular formula is C13H20N2O2. The highest BCUT2D eigenvalue weighted by molar-refractivity contribution is 5.95. The van der Waals surface area contributed by atoms with Gasteiger partial charge in [-0.1, -0.05) is 13.3 Å². The van der Waals surface area contributed by atoms with Crippen molar-refractivity contribution in [3.8, 4) is 0 Å². The van der Waals surface area contributed by atoms with Crippen molar-refractivity contribution in [3.05, 3.63) is 23.7 Å². The van der Waals surface area contributed by atoms with Gasteiger partial charge >= 0.3 is 0 Å². The first-order valence-corrected chi connectivity index (χ1v) is 6.39. The van der Waals surface area contributed by atoms with E-state index in [4.69, 9.17) is 4.42 Å². The molecule has 2 N–H and O–H groups in total. The third-order valence-electron chi connectivity index (χ3n) is 3.23. The van der Waals surface area contributed by atoms with Gasteiger partial charge in [0.05, 0.1) is 11.8 Å². The number of aryl methyl sites for hydroxylation is 1. The zero-order valence-corrected chi connectivity index (χ0v) is 10.3. The van der Waals surface area contributed by atoms with E-state index in [0.717, 1.165) is 25.1 Å². The highest BCUT2D eigenvalue weighted by atomic mass is 16.3. The summed E-state index contributed by atoms with van der Waals surface area (Å²) in [6.07, 6.45) is 5.96. The number of rotatable bonds is 4. The predicted molar refractivity (Wildman–Crippen MR) is 66.1 cm³/mol. The summed E-state index contributed by atoms with van der Waals surface area (Å²) in [5, 5.41) is 6.38. The van der Waals surface area contributed by atoms with E-state index in [9.17, 15) is 4.79 Å². The van der Waals surface area contributed by atoms with Gasteiger partial charge in [0, 0.05) is 19.0 Å². The van der Waals surface area contributed by atoms with Crippen LogP contribution in [0.2, 0.25) is 0 Å². The molecule has 17 heavy (non-hydrogen) atoms. The third-order valence-corrected chi connectivity index (χ3v) is 3.23. The molecule has 0 aromatic carbocycles. The maximum atomic E-state index is 11.9. The zero-order valence-electron chi connectivity index (χ0n) is 10.3. The first kappa shape index (κ1) is 12.2. The van der Waals surface area contributed by atoms with Crippen molar-refractivity contribution in [2.75, 3.05) is 13.1 Å². The van der Waals surface area contributed by atoms with E-state index in [2.05, 4.69) is 10.6 Å². The number of hydrogen-bond donors (Lipinski definition) is 2. The van der Waals surface area contributed by atoms with Crippen LogP contribution in [0.5, 0.6) is 0 Å². The molecule has 0 spiro atoms. The number of carbonyl (C=O) groups is 1. The monoisotopic (exact) mass is 236 g/mol. The fourth-order valence-electron chi connectivity index (χ4n) is 2.23. The van der Waals surface area contributed by atoms with Crippen LogP contribution in [0.15, 0.2) is 16.7 Å². The van der Waals surface area contributed by atoms with Crippen molar-refractivity contribution in [2.24, 2.45) is 0 Å². The summed E-state index contributed by atoms with van der Waals surface area (Å²) in [6, 6.07) is 2.16. The molecule has 1 aromatic heterocycles. The summed E-state index contributed by atoms with van der Waals surface area (Å²) in [4.78, 5) is 11.9. The van der Waals surface area contributed by atoms with Crippen molar-refractivity contribution >= 4 is 5.91 Å². The first-order valence-electron chi connectivity index (χ1n) is 6.39. The molecule has 1 unspecified atom stereocenters. The molecule has 1 aromatic rings. The minimum atomic E-state index is -0.0250. The number of carbonyl (C=O) groups excluding carboxylic acids is 1. The van der Waals surface area contributed by atoms with Gasteiger partial charge in [-0.2, -0.15) is 0 Å². The van der Waals surface area contributed by atoms with Crippen LogP contribution in [-0.2, 0) is 6.42 Å². The van der Waals surface area contributed by atoms with Crippen molar-refractivity contribution in [1.29, 1.82) is 0 Å². The lowest BCUT2D eigenvalue weighted by Gasteiger charge is -2.23. The van der Waals surface area contributed by atoms with Crippen molar-refractivity contribution in [1.82, 2.24) is 10.6 Å². The summed E-state index contributed by atoms with van der Waals surface area (Å²) in [7, 11) is 0. The minimum Gasteiger partial charge on any atom is -0.469 e. The SMILES string of the molecule is CCc1occc1C(=O)NCC1CCCCN1. The van der Waals surface area contributed by atoms with Crippen LogP contribution in [0.25, 0.3) is 0 Å². The third kappa shape index (κ3) is 3.09. The fraction of sp³-hybridized carbons (Fsp3) is 0.615. The Balaban J connectivity index is 1.84. The molecule has 1 aliphatic rings. The molecule has 2 rings (SSSR count). The molecule has 0 saturated carbocycles. The first-order chi connectivity index (χ1) is 8.31. The van der Waals surface area contributed by atoms with Crippen LogP contribution in [0.1, 0.15) is 42.3 Å². The lowest BCUT2D eigenvalue weighted by molar-refractivity contribution is 0.0946. The summed E-state index contributed by atoms with van der Waals surface area (Å²) in [5.41, 5.74) is 0.670. The highest BCUT2D eigenvalue weighted by Crippen LogP contribution is 2.11.